The van der Waals surface area contributed by atoms with Gasteiger partial charge in [0, 0.05) is 0 Å². The Morgan fingerprint density at radius 1 is 1.46 bits per heavy atom. The van der Waals surface area contributed by atoms with Crippen LogP contribution in [-0.2, 0) is 12.8 Å². The second kappa shape index (κ2) is 3.59. The Labute approximate surface area is 83.7 Å². The van der Waals surface area contributed by atoms with Gasteiger partial charge in [-0.15, -0.1) is 0 Å². The van der Waals surface area contributed by atoms with Gasteiger partial charge in [-0.25, -0.2) is 0 Å². The van der Waals surface area contributed by atoms with Crippen LogP contribution >= 0.6 is 11.6 Å². The van der Waals surface area contributed by atoms with E-state index in [0.717, 1.165) is 36.6 Å². The average molecular weight is 197 g/mol. The smallest absolute Gasteiger partial charge is 0.141 e. The Kier molecular flexibility index (Phi) is 2.45. The number of hydrogen-bond donors (Lipinski definition) is 0. The molecule has 1 aromatic rings. The zero-order valence-corrected chi connectivity index (χ0v) is 8.53. The Morgan fingerprint density at radius 3 is 3.08 bits per heavy atom. The molecular formula is C11H13ClO. The molecule has 0 bridgehead atoms. The number of halogens is 1. The van der Waals surface area contributed by atoms with Gasteiger partial charge < -0.3 is 4.74 Å². The normalized spacial score (nSPS) is 14.9. The van der Waals surface area contributed by atoms with E-state index in [9.17, 15) is 0 Å². The van der Waals surface area contributed by atoms with Gasteiger partial charge in [0.1, 0.15) is 5.75 Å². The molecule has 1 aliphatic rings. The lowest BCUT2D eigenvalue weighted by atomic mass is 10.0. The molecule has 0 fully saturated rings. The molecule has 0 atom stereocenters. The van der Waals surface area contributed by atoms with Crippen molar-refractivity contribution < 1.29 is 4.74 Å². The Bertz CT molecular complexity index is 320. The van der Waals surface area contributed by atoms with Crippen LogP contribution in [0, 0.1) is 0 Å². The van der Waals surface area contributed by atoms with Gasteiger partial charge >= 0.3 is 0 Å². The predicted octanol–water partition coefficient (Wildman–Crippen LogP) is 3.23. The number of ether oxygens (including phenoxy) is 1. The Morgan fingerprint density at radius 2 is 2.31 bits per heavy atom. The third kappa shape index (κ3) is 1.53. The second-order valence-electron chi connectivity index (χ2n) is 3.33. The van der Waals surface area contributed by atoms with E-state index in [-0.39, 0.29) is 0 Å². The molecule has 13 heavy (non-hydrogen) atoms. The van der Waals surface area contributed by atoms with Crippen molar-refractivity contribution in [3.05, 3.63) is 28.3 Å². The van der Waals surface area contributed by atoms with Crippen LogP contribution in [-0.4, -0.2) is 6.61 Å². The van der Waals surface area contributed by atoms with Gasteiger partial charge in [0.15, 0.2) is 0 Å². The molecule has 2 rings (SSSR count). The lowest BCUT2D eigenvalue weighted by Gasteiger charge is -2.19. The molecule has 0 saturated carbocycles. The zero-order chi connectivity index (χ0) is 9.26. The summed E-state index contributed by atoms with van der Waals surface area (Å²) in [7, 11) is 0. The number of benzene rings is 1. The average Bonchev–Trinajstić information content (AvgIpc) is 2.19. The maximum atomic E-state index is 6.20. The summed E-state index contributed by atoms with van der Waals surface area (Å²) in [5, 5.41) is 0.819. The van der Waals surface area contributed by atoms with Crippen molar-refractivity contribution in [2.75, 3.05) is 6.61 Å². The molecule has 0 unspecified atom stereocenters. The maximum absolute atomic E-state index is 6.20. The monoisotopic (exact) mass is 196 g/mol. The first-order chi connectivity index (χ1) is 6.33. The highest BCUT2D eigenvalue weighted by molar-refractivity contribution is 6.33. The minimum atomic E-state index is 0.805. The summed E-state index contributed by atoms with van der Waals surface area (Å²) in [5.41, 5.74) is 2.44. The maximum Gasteiger partial charge on any atom is 0.141 e. The van der Waals surface area contributed by atoms with Crippen molar-refractivity contribution in [3.8, 4) is 5.75 Å². The van der Waals surface area contributed by atoms with Crippen LogP contribution in [0.5, 0.6) is 5.75 Å². The topological polar surface area (TPSA) is 9.23 Å². The van der Waals surface area contributed by atoms with Crippen LogP contribution in [0.4, 0.5) is 0 Å². The number of hydrogen-bond acceptors (Lipinski definition) is 1. The van der Waals surface area contributed by atoms with Gasteiger partial charge in [-0.3, -0.25) is 0 Å². The second-order valence-corrected chi connectivity index (χ2v) is 3.71. The summed E-state index contributed by atoms with van der Waals surface area (Å²) >= 11 is 6.20. The quantitative estimate of drug-likeness (QED) is 0.670. The Balaban J connectivity index is 2.48. The van der Waals surface area contributed by atoms with Gasteiger partial charge in [-0.05, 0) is 30.4 Å². The van der Waals surface area contributed by atoms with E-state index in [1.165, 1.54) is 11.1 Å². The molecule has 0 saturated heterocycles. The molecule has 1 nitrogen and oxygen atoms in total. The van der Waals surface area contributed by atoms with Gasteiger partial charge in [0.2, 0.25) is 0 Å². The van der Waals surface area contributed by atoms with Crippen LogP contribution in [0.2, 0.25) is 5.02 Å². The van der Waals surface area contributed by atoms with E-state index < -0.39 is 0 Å². The largest absolute Gasteiger partial charge is 0.492 e. The van der Waals surface area contributed by atoms with Crippen LogP contribution in [0.15, 0.2) is 12.1 Å². The minimum absolute atomic E-state index is 0.805. The van der Waals surface area contributed by atoms with Crippen LogP contribution in [0.3, 0.4) is 0 Å². The van der Waals surface area contributed by atoms with E-state index in [4.69, 9.17) is 16.3 Å². The highest BCUT2D eigenvalue weighted by Gasteiger charge is 2.15. The molecular weight excluding hydrogens is 184 g/mol. The summed E-state index contributed by atoms with van der Waals surface area (Å²) in [4.78, 5) is 0. The number of aryl methyl sites for hydroxylation is 2. The fraction of sp³-hybridized carbons (Fsp3) is 0.455. The summed E-state index contributed by atoms with van der Waals surface area (Å²) < 4.78 is 5.56. The first kappa shape index (κ1) is 8.89. The van der Waals surface area contributed by atoms with Gasteiger partial charge in [-0.1, -0.05) is 30.7 Å². The molecule has 0 N–H and O–H groups in total. The summed E-state index contributed by atoms with van der Waals surface area (Å²) in [6.45, 7) is 2.91. The van der Waals surface area contributed by atoms with Gasteiger partial charge in [0.25, 0.3) is 0 Å². The summed E-state index contributed by atoms with van der Waals surface area (Å²) in [5.74, 6) is 0.923. The summed E-state index contributed by atoms with van der Waals surface area (Å²) in [6, 6.07) is 4.25. The highest BCUT2D eigenvalue weighted by atomic mass is 35.5. The highest BCUT2D eigenvalue weighted by Crippen LogP contribution is 2.35. The molecule has 0 spiro atoms. The Hall–Kier alpha value is -0.690. The van der Waals surface area contributed by atoms with Crippen LogP contribution < -0.4 is 4.74 Å². The van der Waals surface area contributed by atoms with Crippen molar-refractivity contribution in [1.29, 1.82) is 0 Å². The van der Waals surface area contributed by atoms with E-state index in [2.05, 4.69) is 19.1 Å². The van der Waals surface area contributed by atoms with Crippen molar-refractivity contribution in [2.24, 2.45) is 0 Å². The SMILES string of the molecule is CCc1ccc2c(c1Cl)OCCC2. The van der Waals surface area contributed by atoms with Crippen LogP contribution in [0.25, 0.3) is 0 Å². The van der Waals surface area contributed by atoms with Gasteiger partial charge in [0.05, 0.1) is 11.6 Å². The standard InChI is InChI=1S/C11H13ClO/c1-2-8-5-6-9-4-3-7-13-11(9)10(8)12/h5-6H,2-4,7H2,1H3. The summed E-state index contributed by atoms with van der Waals surface area (Å²) in [6.07, 6.45) is 3.17. The molecule has 0 aliphatic carbocycles. The first-order valence-electron chi connectivity index (χ1n) is 4.76. The van der Waals surface area contributed by atoms with Crippen molar-refractivity contribution >= 4 is 11.6 Å². The molecule has 70 valence electrons. The fourth-order valence-electron chi connectivity index (χ4n) is 1.70. The van der Waals surface area contributed by atoms with Gasteiger partial charge in [-0.2, -0.15) is 0 Å². The van der Waals surface area contributed by atoms with E-state index >= 15 is 0 Å². The van der Waals surface area contributed by atoms with Crippen molar-refractivity contribution in [2.45, 2.75) is 26.2 Å². The lowest BCUT2D eigenvalue weighted by molar-refractivity contribution is 0.288. The first-order valence-corrected chi connectivity index (χ1v) is 5.13. The van der Waals surface area contributed by atoms with Crippen molar-refractivity contribution in [1.82, 2.24) is 0 Å². The molecule has 1 aliphatic heterocycles. The van der Waals surface area contributed by atoms with Crippen molar-refractivity contribution in [3.63, 3.8) is 0 Å². The molecule has 2 heteroatoms. The van der Waals surface area contributed by atoms with E-state index in [1.807, 2.05) is 0 Å². The molecule has 0 amide bonds. The minimum Gasteiger partial charge on any atom is -0.492 e. The third-order valence-electron chi connectivity index (χ3n) is 2.48. The predicted molar refractivity (Wildman–Crippen MR) is 54.6 cm³/mol. The molecule has 0 aromatic heterocycles. The molecule has 1 aromatic carbocycles. The third-order valence-corrected chi connectivity index (χ3v) is 2.89. The number of rotatable bonds is 1. The zero-order valence-electron chi connectivity index (χ0n) is 7.77. The molecule has 0 radical (unpaired) electrons. The molecule has 1 heterocycles. The number of fused-ring (bicyclic) bond motifs is 1. The van der Waals surface area contributed by atoms with E-state index in [1.54, 1.807) is 0 Å². The fourth-order valence-corrected chi connectivity index (χ4v) is 2.07. The van der Waals surface area contributed by atoms with Crippen LogP contribution in [0.1, 0.15) is 24.5 Å². The lowest BCUT2D eigenvalue weighted by Crippen LogP contribution is -2.09. The van der Waals surface area contributed by atoms with E-state index in [0.29, 0.717) is 0 Å².